The zero-order valence-electron chi connectivity index (χ0n) is 13.9. The minimum Gasteiger partial charge on any atom is -0.360 e. The second kappa shape index (κ2) is 7.93. The van der Waals surface area contributed by atoms with Crippen molar-refractivity contribution in [3.63, 3.8) is 0 Å². The molecule has 1 heterocycles. The summed E-state index contributed by atoms with van der Waals surface area (Å²) < 4.78 is 29.1. The highest BCUT2D eigenvalue weighted by Crippen LogP contribution is 2.13. The second-order valence-electron chi connectivity index (χ2n) is 5.53. The molecule has 0 spiro atoms. The summed E-state index contributed by atoms with van der Waals surface area (Å²) in [4.78, 5) is 23.6. The van der Waals surface area contributed by atoms with E-state index in [1.807, 2.05) is 6.92 Å². The average molecular weight is 365 g/mol. The van der Waals surface area contributed by atoms with E-state index in [1.165, 1.54) is 18.2 Å². The lowest BCUT2D eigenvalue weighted by Crippen LogP contribution is -2.33. The van der Waals surface area contributed by atoms with E-state index in [-0.39, 0.29) is 29.4 Å². The van der Waals surface area contributed by atoms with Crippen LogP contribution in [0.2, 0.25) is 0 Å². The van der Waals surface area contributed by atoms with E-state index >= 15 is 0 Å². The molecule has 0 radical (unpaired) electrons. The lowest BCUT2D eigenvalue weighted by Gasteiger charge is -2.06. The molecule has 25 heavy (non-hydrogen) atoms. The molecule has 2 aromatic rings. The molecule has 2 rings (SSSR count). The number of aryl methyl sites for hydroxylation is 2. The molecule has 0 saturated carbocycles. The Labute approximate surface area is 145 Å². The molecule has 1 aromatic carbocycles. The molecular formula is C16H19N3O5S. The van der Waals surface area contributed by atoms with Gasteiger partial charge in [-0.2, -0.15) is 0 Å². The summed E-state index contributed by atoms with van der Waals surface area (Å²) in [5.41, 5.74) is 0.949. The van der Waals surface area contributed by atoms with E-state index in [9.17, 15) is 18.0 Å². The first-order valence-electron chi connectivity index (χ1n) is 7.55. The Bertz CT molecular complexity index is 856. The summed E-state index contributed by atoms with van der Waals surface area (Å²) >= 11 is 0. The second-order valence-corrected chi connectivity index (χ2v) is 7.64. The number of rotatable bonds is 7. The van der Waals surface area contributed by atoms with Crippen LogP contribution in [-0.2, 0) is 19.4 Å². The van der Waals surface area contributed by atoms with Crippen LogP contribution in [0.5, 0.6) is 0 Å². The lowest BCUT2D eigenvalue weighted by molar-refractivity contribution is -0.123. The number of hydrogen-bond donors (Lipinski definition) is 2. The fourth-order valence-electron chi connectivity index (χ4n) is 1.97. The average Bonchev–Trinajstić information content (AvgIpc) is 2.96. The third kappa shape index (κ3) is 5.71. The van der Waals surface area contributed by atoms with Crippen molar-refractivity contribution in [2.75, 3.05) is 17.6 Å². The van der Waals surface area contributed by atoms with Crippen LogP contribution in [0.4, 0.5) is 5.82 Å². The van der Waals surface area contributed by atoms with Crippen LogP contribution in [0, 0.1) is 13.8 Å². The number of benzene rings is 1. The highest BCUT2D eigenvalue weighted by Gasteiger charge is 2.16. The predicted molar refractivity (Wildman–Crippen MR) is 90.7 cm³/mol. The molecule has 0 aliphatic rings. The van der Waals surface area contributed by atoms with E-state index in [2.05, 4.69) is 15.8 Å². The van der Waals surface area contributed by atoms with Crippen LogP contribution in [0.3, 0.4) is 0 Å². The Balaban J connectivity index is 1.78. The Hall–Kier alpha value is -2.68. The summed E-state index contributed by atoms with van der Waals surface area (Å²) in [6, 6.07) is 7.95. The van der Waals surface area contributed by atoms with Crippen LogP contribution in [0.25, 0.3) is 0 Å². The zero-order valence-corrected chi connectivity index (χ0v) is 14.7. The summed E-state index contributed by atoms with van der Waals surface area (Å²) in [7, 11) is -3.54. The molecule has 9 heteroatoms. The van der Waals surface area contributed by atoms with Crippen LogP contribution >= 0.6 is 0 Å². The van der Waals surface area contributed by atoms with Gasteiger partial charge >= 0.3 is 0 Å². The molecule has 2 amide bonds. The van der Waals surface area contributed by atoms with E-state index < -0.39 is 21.7 Å². The van der Waals surface area contributed by atoms with Crippen LogP contribution in [-0.4, -0.2) is 37.7 Å². The van der Waals surface area contributed by atoms with Crippen molar-refractivity contribution in [1.82, 2.24) is 10.5 Å². The number of nitrogens with one attached hydrogen (secondary N) is 2. The molecule has 134 valence electrons. The van der Waals surface area contributed by atoms with Crippen LogP contribution in [0.15, 0.2) is 39.8 Å². The number of amides is 2. The number of hydrogen-bond acceptors (Lipinski definition) is 6. The van der Waals surface area contributed by atoms with E-state index in [4.69, 9.17) is 4.52 Å². The van der Waals surface area contributed by atoms with Crippen molar-refractivity contribution in [1.29, 1.82) is 0 Å². The molecule has 0 aliphatic carbocycles. The molecular weight excluding hydrogens is 346 g/mol. The quantitative estimate of drug-likeness (QED) is 0.761. The van der Waals surface area contributed by atoms with Gasteiger partial charge in [-0.3, -0.25) is 9.59 Å². The zero-order chi connectivity index (χ0) is 18.4. The maximum absolute atomic E-state index is 12.2. The van der Waals surface area contributed by atoms with Crippen LogP contribution < -0.4 is 10.6 Å². The Morgan fingerprint density at radius 1 is 1.12 bits per heavy atom. The summed E-state index contributed by atoms with van der Waals surface area (Å²) in [5, 5.41) is 8.41. The van der Waals surface area contributed by atoms with Crippen molar-refractivity contribution < 1.29 is 22.5 Å². The summed E-state index contributed by atoms with van der Waals surface area (Å²) in [6.45, 7) is 3.25. The maximum Gasteiger partial charge on any atom is 0.245 e. The molecule has 1 aromatic heterocycles. The number of nitrogens with zero attached hydrogens (tertiary/aromatic N) is 1. The Kier molecular flexibility index (Phi) is 5.92. The molecule has 0 aliphatic heterocycles. The van der Waals surface area contributed by atoms with Gasteiger partial charge in [0, 0.05) is 12.5 Å². The van der Waals surface area contributed by atoms with E-state index in [0.29, 0.717) is 5.76 Å². The molecule has 0 unspecified atom stereocenters. The molecule has 0 fully saturated rings. The third-order valence-corrected chi connectivity index (χ3v) is 5.05. The van der Waals surface area contributed by atoms with Gasteiger partial charge in [-0.05, 0) is 26.0 Å². The first-order valence-corrected chi connectivity index (χ1v) is 9.21. The van der Waals surface area contributed by atoms with Gasteiger partial charge in [-0.1, -0.05) is 22.9 Å². The topological polar surface area (TPSA) is 118 Å². The fourth-order valence-corrected chi connectivity index (χ4v) is 3.21. The smallest absolute Gasteiger partial charge is 0.245 e. The fraction of sp³-hybridized carbons (Fsp3) is 0.312. The predicted octanol–water partition coefficient (Wildman–Crippen LogP) is 1.21. The maximum atomic E-state index is 12.2. The SMILES string of the molecule is Cc1ccc(S(=O)(=O)CCC(=O)NCC(=O)Nc2cc(C)on2)cc1. The molecule has 0 atom stereocenters. The number of carbonyl (C=O) groups excluding carboxylic acids is 2. The number of sulfone groups is 1. The largest absolute Gasteiger partial charge is 0.360 e. The third-order valence-electron chi connectivity index (χ3n) is 3.32. The first kappa shape index (κ1) is 18.7. The Morgan fingerprint density at radius 2 is 1.80 bits per heavy atom. The van der Waals surface area contributed by atoms with Gasteiger partial charge in [0.25, 0.3) is 0 Å². The highest BCUT2D eigenvalue weighted by molar-refractivity contribution is 7.91. The molecule has 8 nitrogen and oxygen atoms in total. The van der Waals surface area contributed by atoms with Crippen molar-refractivity contribution >= 4 is 27.5 Å². The van der Waals surface area contributed by atoms with Gasteiger partial charge in [-0.25, -0.2) is 8.42 Å². The van der Waals surface area contributed by atoms with Gasteiger partial charge in [0.15, 0.2) is 15.7 Å². The Morgan fingerprint density at radius 3 is 2.40 bits per heavy atom. The van der Waals surface area contributed by atoms with Gasteiger partial charge in [0.05, 0.1) is 17.2 Å². The number of carbonyl (C=O) groups is 2. The van der Waals surface area contributed by atoms with E-state index in [1.54, 1.807) is 19.1 Å². The molecule has 0 saturated heterocycles. The normalized spacial score (nSPS) is 11.1. The van der Waals surface area contributed by atoms with E-state index in [0.717, 1.165) is 5.56 Å². The number of anilines is 1. The number of aromatic nitrogens is 1. The van der Waals surface area contributed by atoms with Crippen molar-refractivity contribution in [3.8, 4) is 0 Å². The van der Waals surface area contributed by atoms with Gasteiger partial charge in [0.1, 0.15) is 5.76 Å². The summed E-state index contributed by atoms with van der Waals surface area (Å²) in [5.74, 6) is -0.545. The van der Waals surface area contributed by atoms with Crippen LogP contribution in [0.1, 0.15) is 17.7 Å². The van der Waals surface area contributed by atoms with Gasteiger partial charge in [-0.15, -0.1) is 0 Å². The van der Waals surface area contributed by atoms with Crippen molar-refractivity contribution in [2.45, 2.75) is 25.2 Å². The lowest BCUT2D eigenvalue weighted by atomic mass is 10.2. The highest BCUT2D eigenvalue weighted by atomic mass is 32.2. The van der Waals surface area contributed by atoms with Gasteiger partial charge < -0.3 is 15.2 Å². The molecule has 2 N–H and O–H groups in total. The van der Waals surface area contributed by atoms with Crippen molar-refractivity contribution in [2.24, 2.45) is 0 Å². The van der Waals surface area contributed by atoms with Gasteiger partial charge in [0.2, 0.25) is 11.8 Å². The van der Waals surface area contributed by atoms with Crippen molar-refractivity contribution in [3.05, 3.63) is 41.7 Å². The minimum absolute atomic E-state index is 0.171. The first-order chi connectivity index (χ1) is 11.8. The monoisotopic (exact) mass is 365 g/mol. The standard InChI is InChI=1S/C16H19N3O5S/c1-11-3-5-13(6-4-11)25(22,23)8-7-15(20)17-10-16(21)18-14-9-12(2)24-19-14/h3-6,9H,7-8,10H2,1-2H3,(H,17,20)(H,18,19,21). The molecule has 0 bridgehead atoms. The summed E-state index contributed by atoms with van der Waals surface area (Å²) in [6.07, 6.45) is -0.230. The minimum atomic E-state index is -3.54.